The minimum absolute atomic E-state index is 0.500. The smallest absolute Gasteiger partial charge is 0.307 e. The van der Waals surface area contributed by atoms with Crippen LogP contribution in [-0.2, 0) is 26.4 Å². The highest BCUT2D eigenvalue weighted by Crippen LogP contribution is 2.38. The molecule has 0 unspecified atom stereocenters. The highest BCUT2D eigenvalue weighted by molar-refractivity contribution is 7.71. The van der Waals surface area contributed by atoms with Crippen molar-refractivity contribution in [2.75, 3.05) is 7.05 Å². The fraction of sp³-hybridized carbons (Fsp3) is 0.500. The van der Waals surface area contributed by atoms with Gasteiger partial charge in [0.05, 0.1) is 12.2 Å². The summed E-state index contributed by atoms with van der Waals surface area (Å²) in [4.78, 5) is 1.97. The Morgan fingerprint density at radius 2 is 1.88 bits per heavy atom. The molecular weight excluding hydrogens is 337 g/mol. The van der Waals surface area contributed by atoms with Gasteiger partial charge in [-0.1, -0.05) is 12.1 Å². The molecule has 1 aromatic heterocycles. The molecule has 0 radical (unpaired) electrons. The fourth-order valence-electron chi connectivity index (χ4n) is 2.68. The van der Waals surface area contributed by atoms with Gasteiger partial charge < -0.3 is 4.57 Å². The van der Waals surface area contributed by atoms with Gasteiger partial charge in [0.2, 0.25) is 0 Å². The first-order valence-corrected chi connectivity index (χ1v) is 8.15. The molecular formula is C16H19F3N4S. The fourth-order valence-corrected chi connectivity index (χ4v) is 2.88. The molecule has 1 heterocycles. The lowest BCUT2D eigenvalue weighted by Gasteiger charge is -2.17. The molecule has 24 heavy (non-hydrogen) atoms. The Morgan fingerprint density at radius 3 is 2.42 bits per heavy atom. The molecule has 1 aromatic carbocycles. The van der Waals surface area contributed by atoms with E-state index in [-0.39, 0.29) is 0 Å². The largest absolute Gasteiger partial charge is 0.416 e. The summed E-state index contributed by atoms with van der Waals surface area (Å²) in [6, 6.07) is 5.24. The number of nitrogens with zero attached hydrogens (tertiary/aromatic N) is 4. The topological polar surface area (TPSA) is 26.0 Å². The molecule has 0 N–H and O–H groups in total. The van der Waals surface area contributed by atoms with Crippen LogP contribution in [0, 0.1) is 4.77 Å². The van der Waals surface area contributed by atoms with Gasteiger partial charge >= 0.3 is 6.18 Å². The van der Waals surface area contributed by atoms with Crippen LogP contribution >= 0.6 is 12.2 Å². The van der Waals surface area contributed by atoms with Crippen LogP contribution in [0.15, 0.2) is 24.3 Å². The van der Waals surface area contributed by atoms with Crippen molar-refractivity contribution in [1.82, 2.24) is 19.2 Å². The summed E-state index contributed by atoms with van der Waals surface area (Å²) >= 11 is 5.41. The van der Waals surface area contributed by atoms with Crippen molar-refractivity contribution >= 4 is 12.2 Å². The van der Waals surface area contributed by atoms with Gasteiger partial charge in [0, 0.05) is 19.5 Å². The van der Waals surface area contributed by atoms with Gasteiger partial charge in [-0.3, -0.25) is 4.90 Å². The zero-order valence-electron chi connectivity index (χ0n) is 13.5. The predicted octanol–water partition coefficient (Wildman–Crippen LogP) is 3.94. The van der Waals surface area contributed by atoms with Crippen molar-refractivity contribution in [3.8, 4) is 0 Å². The molecule has 1 saturated carbocycles. The van der Waals surface area contributed by atoms with E-state index in [1.54, 1.807) is 4.68 Å². The van der Waals surface area contributed by atoms with Crippen LogP contribution in [0.25, 0.3) is 0 Å². The number of rotatable bonds is 5. The van der Waals surface area contributed by atoms with Gasteiger partial charge in [0.15, 0.2) is 4.77 Å². The third kappa shape index (κ3) is 3.70. The molecule has 0 spiro atoms. The molecule has 0 aliphatic heterocycles. The molecule has 1 aliphatic rings. The number of hydrogen-bond acceptors (Lipinski definition) is 3. The quantitative estimate of drug-likeness (QED) is 0.759. The van der Waals surface area contributed by atoms with Crippen molar-refractivity contribution in [3.63, 3.8) is 0 Å². The van der Waals surface area contributed by atoms with Gasteiger partial charge in [-0.2, -0.15) is 18.3 Å². The highest BCUT2D eigenvalue weighted by atomic mass is 32.1. The number of hydrogen-bond donors (Lipinski definition) is 0. The first-order valence-electron chi connectivity index (χ1n) is 7.74. The number of benzene rings is 1. The minimum Gasteiger partial charge on any atom is -0.307 e. The van der Waals surface area contributed by atoms with Crippen LogP contribution < -0.4 is 0 Å². The van der Waals surface area contributed by atoms with Crippen LogP contribution in [0.4, 0.5) is 13.2 Å². The Morgan fingerprint density at radius 1 is 1.25 bits per heavy atom. The van der Waals surface area contributed by atoms with Crippen molar-refractivity contribution in [1.29, 1.82) is 0 Å². The van der Waals surface area contributed by atoms with E-state index >= 15 is 0 Å². The zero-order valence-corrected chi connectivity index (χ0v) is 14.4. The molecule has 0 bridgehead atoms. The molecule has 8 heteroatoms. The number of halogens is 3. The van der Waals surface area contributed by atoms with E-state index in [1.807, 2.05) is 23.6 Å². The normalized spacial score (nSPS) is 15.2. The Balaban J connectivity index is 1.66. The zero-order chi connectivity index (χ0) is 17.5. The summed E-state index contributed by atoms with van der Waals surface area (Å²) in [5.74, 6) is 1.53. The first-order chi connectivity index (χ1) is 11.3. The van der Waals surface area contributed by atoms with E-state index in [0.29, 0.717) is 23.9 Å². The van der Waals surface area contributed by atoms with Crippen molar-refractivity contribution in [3.05, 3.63) is 46.0 Å². The van der Waals surface area contributed by atoms with Gasteiger partial charge in [0.25, 0.3) is 0 Å². The molecule has 0 atom stereocenters. The summed E-state index contributed by atoms with van der Waals surface area (Å²) in [6.07, 6.45) is -1.99. The monoisotopic (exact) mass is 356 g/mol. The summed E-state index contributed by atoms with van der Waals surface area (Å²) in [5.41, 5.74) is 0.185. The summed E-state index contributed by atoms with van der Waals surface area (Å²) in [6.45, 7) is 1.02. The number of aromatic nitrogens is 3. The maximum Gasteiger partial charge on any atom is 0.416 e. The molecule has 1 aliphatic carbocycles. The number of alkyl halides is 3. The SMILES string of the molecule is CN(Cc1ccc(C(F)(F)F)cc1)Cn1nc(C2CC2)n(C)c1=S. The van der Waals surface area contributed by atoms with Crippen molar-refractivity contribution in [2.24, 2.45) is 7.05 Å². The Kier molecular flexibility index (Phi) is 4.52. The molecule has 1 fully saturated rings. The molecule has 0 amide bonds. The average molecular weight is 356 g/mol. The molecule has 0 saturated heterocycles. The van der Waals surface area contributed by atoms with E-state index in [4.69, 9.17) is 12.2 Å². The van der Waals surface area contributed by atoms with Gasteiger partial charge in [-0.05, 0) is 49.8 Å². The Bertz CT molecular complexity index is 772. The van der Waals surface area contributed by atoms with E-state index in [1.165, 1.54) is 12.1 Å². The van der Waals surface area contributed by atoms with Crippen molar-refractivity contribution in [2.45, 2.75) is 38.1 Å². The van der Waals surface area contributed by atoms with E-state index in [9.17, 15) is 13.2 Å². The third-order valence-electron chi connectivity index (χ3n) is 4.13. The maximum absolute atomic E-state index is 12.6. The van der Waals surface area contributed by atoms with E-state index in [0.717, 1.165) is 36.4 Å². The van der Waals surface area contributed by atoms with Gasteiger partial charge in [-0.15, -0.1) is 0 Å². The Labute approximate surface area is 143 Å². The van der Waals surface area contributed by atoms with Crippen LogP contribution in [0.5, 0.6) is 0 Å². The lowest BCUT2D eigenvalue weighted by atomic mass is 10.1. The third-order valence-corrected chi connectivity index (χ3v) is 4.61. The standard InChI is InChI=1S/C16H19F3N4S/c1-21(9-11-3-7-13(8-4-11)16(17,18)19)10-23-15(24)22(2)14(20-23)12-5-6-12/h3-4,7-8,12H,5-6,9-10H2,1-2H3. The minimum atomic E-state index is -4.30. The van der Waals surface area contributed by atoms with Crippen LogP contribution in [0.1, 0.15) is 35.7 Å². The lowest BCUT2D eigenvalue weighted by Crippen LogP contribution is -2.22. The molecule has 130 valence electrons. The molecule has 2 aromatic rings. The maximum atomic E-state index is 12.6. The highest BCUT2D eigenvalue weighted by Gasteiger charge is 2.30. The van der Waals surface area contributed by atoms with Gasteiger partial charge in [0.1, 0.15) is 5.82 Å². The summed E-state index contributed by atoms with van der Waals surface area (Å²) in [5, 5.41) is 4.58. The second-order valence-electron chi connectivity index (χ2n) is 6.32. The molecule has 4 nitrogen and oxygen atoms in total. The van der Waals surface area contributed by atoms with Crippen LogP contribution in [0.2, 0.25) is 0 Å². The predicted molar refractivity (Wildman–Crippen MR) is 86.9 cm³/mol. The lowest BCUT2D eigenvalue weighted by molar-refractivity contribution is -0.137. The molecule has 3 rings (SSSR count). The van der Waals surface area contributed by atoms with Crippen LogP contribution in [-0.4, -0.2) is 26.3 Å². The van der Waals surface area contributed by atoms with E-state index in [2.05, 4.69) is 5.10 Å². The second-order valence-corrected chi connectivity index (χ2v) is 6.69. The Hall–Kier alpha value is -1.67. The van der Waals surface area contributed by atoms with E-state index < -0.39 is 11.7 Å². The second kappa shape index (κ2) is 6.33. The van der Waals surface area contributed by atoms with Crippen LogP contribution in [0.3, 0.4) is 0 Å². The van der Waals surface area contributed by atoms with Crippen molar-refractivity contribution < 1.29 is 13.2 Å². The first kappa shape index (κ1) is 17.2. The average Bonchev–Trinajstić information content (AvgIpc) is 3.30. The van der Waals surface area contributed by atoms with Gasteiger partial charge in [-0.25, -0.2) is 4.68 Å². The summed E-state index contributed by atoms with van der Waals surface area (Å²) < 4.78 is 42.1. The summed E-state index contributed by atoms with van der Waals surface area (Å²) in [7, 11) is 3.82.